The number of methoxy groups -OCH3 is 1. The van der Waals surface area contributed by atoms with Crippen LogP contribution in [0.2, 0.25) is 5.02 Å². The molecule has 0 saturated heterocycles. The highest BCUT2D eigenvalue weighted by molar-refractivity contribution is 8.03. The summed E-state index contributed by atoms with van der Waals surface area (Å²) >= 11 is 7.34. The molecule has 1 atom stereocenters. The van der Waals surface area contributed by atoms with Gasteiger partial charge in [-0.15, -0.1) is 0 Å². The molecular formula is C29H27ClN4O4S. The number of ether oxygens (including phenoxy) is 1. The molecule has 0 saturated carbocycles. The number of nitrogens with zero attached hydrogens (tertiary/aromatic N) is 1. The van der Waals surface area contributed by atoms with Crippen LogP contribution in [0.15, 0.2) is 80.9 Å². The van der Waals surface area contributed by atoms with Gasteiger partial charge in [-0.05, 0) is 62.7 Å². The third-order valence-corrected chi connectivity index (χ3v) is 7.52. The second kappa shape index (κ2) is 12.2. The van der Waals surface area contributed by atoms with E-state index < -0.39 is 11.8 Å². The van der Waals surface area contributed by atoms with Crippen molar-refractivity contribution in [1.82, 2.24) is 5.32 Å². The Morgan fingerprint density at radius 1 is 1.13 bits per heavy atom. The largest absolute Gasteiger partial charge is 0.495 e. The number of hydrogen-bond donors (Lipinski definition) is 3. The molecule has 0 fully saturated rings. The lowest BCUT2D eigenvalue weighted by Gasteiger charge is -2.28. The fourth-order valence-corrected chi connectivity index (χ4v) is 5.24. The highest BCUT2D eigenvalue weighted by Crippen LogP contribution is 2.42. The standard InChI is InChI=1S/C29H27ClN4O4S/c1-16-9-11-19(13-21(16)30)33-25(35)15-39-29-20(14-31)27(24-12-10-17(2)38-24)26(18(3)32-29)28(36)34-22-7-5-6-8-23(22)37-4/h5-13,27,32H,15H2,1-4H3,(H,33,35)(H,34,36)/t27-/m1/s1. The third-order valence-electron chi connectivity index (χ3n) is 6.10. The highest BCUT2D eigenvalue weighted by Gasteiger charge is 2.37. The Labute approximate surface area is 236 Å². The first-order valence-corrected chi connectivity index (χ1v) is 13.4. The van der Waals surface area contributed by atoms with E-state index in [9.17, 15) is 14.9 Å². The van der Waals surface area contributed by atoms with E-state index in [1.165, 1.54) is 18.9 Å². The number of hydrogen-bond acceptors (Lipinski definition) is 7. The van der Waals surface area contributed by atoms with Crippen molar-refractivity contribution in [3.8, 4) is 11.8 Å². The molecule has 0 radical (unpaired) electrons. The number of carbonyl (C=O) groups excluding carboxylic acids is 2. The third kappa shape index (κ3) is 6.30. The van der Waals surface area contributed by atoms with Crippen LogP contribution in [0.1, 0.15) is 29.9 Å². The summed E-state index contributed by atoms with van der Waals surface area (Å²) in [6.45, 7) is 5.43. The maximum Gasteiger partial charge on any atom is 0.254 e. The topological polar surface area (TPSA) is 116 Å². The predicted molar refractivity (Wildman–Crippen MR) is 154 cm³/mol. The molecule has 0 unspecified atom stereocenters. The summed E-state index contributed by atoms with van der Waals surface area (Å²) in [5.74, 6) is 0.180. The molecule has 3 N–H and O–H groups in total. The number of amides is 2. The van der Waals surface area contributed by atoms with E-state index in [1.807, 2.05) is 13.0 Å². The summed E-state index contributed by atoms with van der Waals surface area (Å²) in [5, 5.41) is 20.1. The number of aryl methyl sites for hydroxylation is 2. The van der Waals surface area contributed by atoms with E-state index in [1.54, 1.807) is 62.4 Å². The van der Waals surface area contributed by atoms with Gasteiger partial charge in [0.15, 0.2) is 0 Å². The number of para-hydroxylation sites is 2. The first kappa shape index (κ1) is 27.9. The maximum absolute atomic E-state index is 13.6. The molecule has 2 amide bonds. The van der Waals surface area contributed by atoms with Crippen LogP contribution in [-0.2, 0) is 9.59 Å². The molecule has 8 nitrogen and oxygen atoms in total. The van der Waals surface area contributed by atoms with Crippen LogP contribution in [0.4, 0.5) is 11.4 Å². The Bertz CT molecular complexity index is 1540. The van der Waals surface area contributed by atoms with Crippen LogP contribution in [0.25, 0.3) is 0 Å². The minimum absolute atomic E-state index is 0.0267. The minimum Gasteiger partial charge on any atom is -0.495 e. The minimum atomic E-state index is -0.777. The van der Waals surface area contributed by atoms with Crippen molar-refractivity contribution in [2.45, 2.75) is 26.7 Å². The number of furan rings is 1. The molecule has 39 heavy (non-hydrogen) atoms. The molecule has 2 heterocycles. The maximum atomic E-state index is 13.6. The lowest BCUT2D eigenvalue weighted by atomic mass is 9.85. The predicted octanol–water partition coefficient (Wildman–Crippen LogP) is 6.27. The Balaban J connectivity index is 1.61. The van der Waals surface area contributed by atoms with Gasteiger partial charge in [-0.1, -0.05) is 41.6 Å². The zero-order chi connectivity index (χ0) is 28.1. The zero-order valence-electron chi connectivity index (χ0n) is 21.8. The summed E-state index contributed by atoms with van der Waals surface area (Å²) in [6.07, 6.45) is 0. The number of anilines is 2. The number of halogens is 1. The number of carbonyl (C=O) groups is 2. The van der Waals surface area contributed by atoms with Gasteiger partial charge in [0.25, 0.3) is 5.91 Å². The lowest BCUT2D eigenvalue weighted by molar-refractivity contribution is -0.114. The molecule has 4 rings (SSSR count). The van der Waals surface area contributed by atoms with Gasteiger partial charge < -0.3 is 25.1 Å². The van der Waals surface area contributed by atoms with Crippen molar-refractivity contribution in [3.05, 3.63) is 98.6 Å². The van der Waals surface area contributed by atoms with Crippen LogP contribution >= 0.6 is 23.4 Å². The average Bonchev–Trinajstić information content (AvgIpc) is 3.35. The van der Waals surface area contributed by atoms with E-state index in [2.05, 4.69) is 22.0 Å². The Morgan fingerprint density at radius 2 is 1.90 bits per heavy atom. The van der Waals surface area contributed by atoms with Gasteiger partial charge >= 0.3 is 0 Å². The number of nitriles is 1. The average molecular weight is 563 g/mol. The Kier molecular flexibility index (Phi) is 8.69. The summed E-state index contributed by atoms with van der Waals surface area (Å²) < 4.78 is 11.3. The number of dihydropyridines is 1. The van der Waals surface area contributed by atoms with E-state index in [4.69, 9.17) is 20.8 Å². The van der Waals surface area contributed by atoms with Crippen molar-refractivity contribution < 1.29 is 18.7 Å². The lowest BCUT2D eigenvalue weighted by Crippen LogP contribution is -2.31. The van der Waals surface area contributed by atoms with Crippen molar-refractivity contribution in [2.75, 3.05) is 23.5 Å². The SMILES string of the molecule is COc1ccccc1NC(=O)C1=C(C)NC(SCC(=O)Nc2ccc(C)c(Cl)c2)=C(C#N)[C@@H]1c1ccc(C)o1. The van der Waals surface area contributed by atoms with Gasteiger partial charge in [0, 0.05) is 16.4 Å². The Morgan fingerprint density at radius 3 is 2.56 bits per heavy atom. The number of benzene rings is 2. The molecule has 3 aromatic rings. The van der Waals surface area contributed by atoms with Crippen LogP contribution in [0.5, 0.6) is 5.75 Å². The second-order valence-corrected chi connectivity index (χ2v) is 10.2. The van der Waals surface area contributed by atoms with Gasteiger partial charge in [-0.25, -0.2) is 0 Å². The number of nitrogens with one attached hydrogen (secondary N) is 3. The summed E-state index contributed by atoms with van der Waals surface area (Å²) in [4.78, 5) is 26.3. The molecule has 10 heteroatoms. The van der Waals surface area contributed by atoms with Crippen molar-refractivity contribution in [2.24, 2.45) is 0 Å². The normalized spacial score (nSPS) is 14.9. The van der Waals surface area contributed by atoms with Crippen LogP contribution < -0.4 is 20.7 Å². The van der Waals surface area contributed by atoms with Gasteiger partial charge in [-0.3, -0.25) is 9.59 Å². The summed E-state index contributed by atoms with van der Waals surface area (Å²) in [6, 6.07) is 18.1. The number of thioether (sulfide) groups is 1. The van der Waals surface area contributed by atoms with Gasteiger partial charge in [0.2, 0.25) is 5.91 Å². The van der Waals surface area contributed by atoms with Gasteiger partial charge in [0.05, 0.1) is 46.7 Å². The van der Waals surface area contributed by atoms with E-state index >= 15 is 0 Å². The molecule has 0 aliphatic carbocycles. The molecule has 1 aromatic heterocycles. The highest BCUT2D eigenvalue weighted by atomic mass is 35.5. The van der Waals surface area contributed by atoms with Crippen LogP contribution in [-0.4, -0.2) is 24.7 Å². The number of rotatable bonds is 8. The van der Waals surface area contributed by atoms with Crippen molar-refractivity contribution in [3.63, 3.8) is 0 Å². The molecular weight excluding hydrogens is 536 g/mol. The smallest absolute Gasteiger partial charge is 0.254 e. The fourth-order valence-electron chi connectivity index (χ4n) is 4.16. The van der Waals surface area contributed by atoms with E-state index in [-0.39, 0.29) is 17.2 Å². The summed E-state index contributed by atoms with van der Waals surface area (Å²) in [5.41, 5.74) is 3.12. The monoisotopic (exact) mass is 562 g/mol. The molecule has 0 spiro atoms. The quantitative estimate of drug-likeness (QED) is 0.296. The molecule has 2 aromatic carbocycles. The zero-order valence-corrected chi connectivity index (χ0v) is 23.4. The first-order chi connectivity index (χ1) is 18.7. The number of allylic oxidation sites excluding steroid dienone is 2. The summed E-state index contributed by atoms with van der Waals surface area (Å²) in [7, 11) is 1.52. The van der Waals surface area contributed by atoms with Gasteiger partial charge in [-0.2, -0.15) is 5.26 Å². The van der Waals surface area contributed by atoms with Crippen molar-refractivity contribution in [1.29, 1.82) is 5.26 Å². The molecule has 0 bridgehead atoms. The van der Waals surface area contributed by atoms with E-state index in [0.717, 1.165) is 5.56 Å². The van der Waals surface area contributed by atoms with E-state index in [0.29, 0.717) is 50.0 Å². The first-order valence-electron chi connectivity index (χ1n) is 12.0. The van der Waals surface area contributed by atoms with Crippen LogP contribution in [0.3, 0.4) is 0 Å². The molecule has 1 aliphatic heterocycles. The fraction of sp³-hybridized carbons (Fsp3) is 0.207. The second-order valence-electron chi connectivity index (χ2n) is 8.85. The molecule has 1 aliphatic rings. The van der Waals surface area contributed by atoms with Gasteiger partial charge in [0.1, 0.15) is 17.3 Å². The van der Waals surface area contributed by atoms with Crippen molar-refractivity contribution >= 4 is 46.6 Å². The molecule has 200 valence electrons. The van der Waals surface area contributed by atoms with Crippen LogP contribution in [0, 0.1) is 25.2 Å². The Hall–Kier alpha value is -4.13.